The lowest BCUT2D eigenvalue weighted by molar-refractivity contribution is 0.513. The van der Waals surface area contributed by atoms with Crippen LogP contribution in [0.2, 0.25) is 0 Å². The minimum absolute atomic E-state index is 0.885. The summed E-state index contributed by atoms with van der Waals surface area (Å²) in [6.07, 6.45) is 11.1. The quantitative estimate of drug-likeness (QED) is 0.344. The first-order chi connectivity index (χ1) is 6.70. The molecule has 0 fully saturated rings. The third-order valence-corrected chi connectivity index (χ3v) is 2.77. The van der Waals surface area contributed by atoms with Gasteiger partial charge in [0.1, 0.15) is 0 Å². The predicted molar refractivity (Wildman–Crippen MR) is 66.4 cm³/mol. The highest BCUT2D eigenvalue weighted by Gasteiger charge is 1.95. The Bertz CT molecular complexity index is 98.6. The second-order valence-corrected chi connectivity index (χ2v) is 4.89. The second-order valence-electron chi connectivity index (χ2n) is 4.89. The van der Waals surface area contributed by atoms with Gasteiger partial charge in [-0.1, -0.05) is 59.8 Å². The maximum absolute atomic E-state index is 2.32. The fraction of sp³-hybridized carbons (Fsp3) is 0.929. The Balaban J connectivity index is 3.40. The second kappa shape index (κ2) is 9.55. The van der Waals surface area contributed by atoms with Gasteiger partial charge in [0, 0.05) is 0 Å². The molecule has 0 bridgehead atoms. The van der Waals surface area contributed by atoms with Crippen molar-refractivity contribution < 1.29 is 0 Å². The molecule has 0 heteroatoms. The minimum atomic E-state index is 0.885. The monoisotopic (exact) mass is 197 g/mol. The summed E-state index contributed by atoms with van der Waals surface area (Å²) >= 11 is 0. The summed E-state index contributed by atoms with van der Waals surface area (Å²) in [6.45, 7) is 9.24. The maximum atomic E-state index is 2.32. The molecule has 0 aromatic heterocycles. The molecular weight excluding hydrogens is 168 g/mol. The van der Waals surface area contributed by atoms with Crippen LogP contribution >= 0.6 is 0 Å². The molecule has 0 saturated carbocycles. The Morgan fingerprint density at radius 1 is 0.857 bits per heavy atom. The van der Waals surface area contributed by atoms with Crippen LogP contribution in [-0.2, 0) is 0 Å². The topological polar surface area (TPSA) is 0 Å². The molecule has 0 aromatic carbocycles. The third-order valence-electron chi connectivity index (χ3n) is 2.77. The van der Waals surface area contributed by atoms with E-state index in [0.29, 0.717) is 0 Å². The van der Waals surface area contributed by atoms with Crippen LogP contribution in [0.15, 0.2) is 0 Å². The van der Waals surface area contributed by atoms with E-state index in [-0.39, 0.29) is 0 Å². The van der Waals surface area contributed by atoms with Crippen LogP contribution in [0.4, 0.5) is 0 Å². The molecule has 0 aliphatic heterocycles. The predicted octanol–water partition coefficient (Wildman–Crippen LogP) is 5.38. The SMILES string of the molecule is CCC[C-](CCC)CCCCC(C)C. The van der Waals surface area contributed by atoms with E-state index in [0.717, 1.165) is 5.92 Å². The molecule has 0 saturated heterocycles. The van der Waals surface area contributed by atoms with Gasteiger partial charge in [0.15, 0.2) is 0 Å². The normalized spacial score (nSPS) is 11.6. The average molecular weight is 197 g/mol. The van der Waals surface area contributed by atoms with Gasteiger partial charge in [0.05, 0.1) is 0 Å². The summed E-state index contributed by atoms with van der Waals surface area (Å²) in [6, 6.07) is 0. The Labute approximate surface area is 91.5 Å². The van der Waals surface area contributed by atoms with Crippen LogP contribution < -0.4 is 0 Å². The minimum Gasteiger partial charge on any atom is -0.314 e. The molecule has 0 unspecified atom stereocenters. The summed E-state index contributed by atoms with van der Waals surface area (Å²) in [5.74, 6) is 2.70. The number of unbranched alkanes of at least 4 members (excludes halogenated alkanes) is 1. The largest absolute Gasteiger partial charge is 0.314 e. The van der Waals surface area contributed by atoms with Crippen molar-refractivity contribution in [2.75, 3.05) is 0 Å². The van der Waals surface area contributed by atoms with E-state index >= 15 is 0 Å². The van der Waals surface area contributed by atoms with E-state index in [1.165, 1.54) is 51.4 Å². The fourth-order valence-corrected chi connectivity index (χ4v) is 2.01. The van der Waals surface area contributed by atoms with Gasteiger partial charge in [-0.05, 0) is 5.92 Å². The van der Waals surface area contributed by atoms with Gasteiger partial charge in [-0.3, -0.25) is 0 Å². The molecule has 0 aliphatic carbocycles. The first kappa shape index (κ1) is 14.0. The zero-order valence-electron chi connectivity index (χ0n) is 10.7. The lowest BCUT2D eigenvalue weighted by atomic mass is 9.91. The summed E-state index contributed by atoms with van der Waals surface area (Å²) in [5, 5.41) is 0. The van der Waals surface area contributed by atoms with Gasteiger partial charge in [0.2, 0.25) is 0 Å². The molecule has 0 radical (unpaired) electrons. The first-order valence-electron chi connectivity index (χ1n) is 6.54. The molecule has 0 atom stereocenters. The molecule has 0 amide bonds. The molecule has 0 nitrogen and oxygen atoms in total. The Morgan fingerprint density at radius 3 is 1.86 bits per heavy atom. The highest BCUT2D eigenvalue weighted by molar-refractivity contribution is 4.88. The molecule has 0 rings (SSSR count). The zero-order chi connectivity index (χ0) is 10.8. The van der Waals surface area contributed by atoms with Crippen molar-refractivity contribution in [2.24, 2.45) is 5.92 Å². The standard InChI is InChI=1S/C14H29/c1-5-9-14(10-6-2)12-8-7-11-13(3)4/h13H,5-12H2,1-4H3/q-1. The number of rotatable bonds is 9. The Hall–Kier alpha value is 0. The zero-order valence-corrected chi connectivity index (χ0v) is 10.7. The van der Waals surface area contributed by atoms with E-state index in [9.17, 15) is 0 Å². The van der Waals surface area contributed by atoms with Crippen molar-refractivity contribution in [1.82, 2.24) is 0 Å². The van der Waals surface area contributed by atoms with Crippen molar-refractivity contribution in [2.45, 2.75) is 79.1 Å². The Morgan fingerprint density at radius 2 is 1.43 bits per heavy atom. The molecule has 0 N–H and O–H groups in total. The van der Waals surface area contributed by atoms with Crippen LogP contribution in [-0.4, -0.2) is 0 Å². The van der Waals surface area contributed by atoms with Gasteiger partial charge in [-0.15, -0.1) is 0 Å². The van der Waals surface area contributed by atoms with E-state index in [1.807, 2.05) is 5.92 Å². The average Bonchev–Trinajstić information content (AvgIpc) is 2.12. The van der Waals surface area contributed by atoms with Crippen LogP contribution in [0.5, 0.6) is 0 Å². The molecule has 0 heterocycles. The van der Waals surface area contributed by atoms with Crippen molar-refractivity contribution in [3.05, 3.63) is 5.92 Å². The summed E-state index contributed by atoms with van der Waals surface area (Å²) in [4.78, 5) is 0. The van der Waals surface area contributed by atoms with Gasteiger partial charge < -0.3 is 5.92 Å². The van der Waals surface area contributed by atoms with E-state index in [4.69, 9.17) is 0 Å². The maximum Gasteiger partial charge on any atom is -0.0471 e. The third kappa shape index (κ3) is 8.59. The smallest absolute Gasteiger partial charge is 0.0471 e. The summed E-state index contributed by atoms with van der Waals surface area (Å²) < 4.78 is 0. The van der Waals surface area contributed by atoms with E-state index in [2.05, 4.69) is 27.7 Å². The van der Waals surface area contributed by atoms with Crippen molar-refractivity contribution in [1.29, 1.82) is 0 Å². The van der Waals surface area contributed by atoms with E-state index in [1.54, 1.807) is 0 Å². The van der Waals surface area contributed by atoms with Crippen LogP contribution in [0.3, 0.4) is 0 Å². The van der Waals surface area contributed by atoms with Crippen LogP contribution in [0, 0.1) is 11.8 Å². The highest BCUT2D eigenvalue weighted by Crippen LogP contribution is 2.23. The van der Waals surface area contributed by atoms with Crippen molar-refractivity contribution in [3.63, 3.8) is 0 Å². The van der Waals surface area contributed by atoms with Gasteiger partial charge in [0.25, 0.3) is 0 Å². The number of hydrogen-bond acceptors (Lipinski definition) is 0. The van der Waals surface area contributed by atoms with Crippen molar-refractivity contribution >= 4 is 0 Å². The summed E-state index contributed by atoms with van der Waals surface area (Å²) in [5.41, 5.74) is 0. The highest BCUT2D eigenvalue weighted by atomic mass is 14.1. The summed E-state index contributed by atoms with van der Waals surface area (Å²) in [7, 11) is 0. The van der Waals surface area contributed by atoms with Gasteiger partial charge >= 0.3 is 0 Å². The van der Waals surface area contributed by atoms with Gasteiger partial charge in [-0.2, -0.15) is 19.3 Å². The molecule has 86 valence electrons. The first-order valence-corrected chi connectivity index (χ1v) is 6.54. The van der Waals surface area contributed by atoms with Gasteiger partial charge in [-0.25, -0.2) is 0 Å². The molecular formula is C14H29-. The lowest BCUT2D eigenvalue weighted by Gasteiger charge is -2.29. The number of hydrogen-bond donors (Lipinski definition) is 0. The molecule has 0 spiro atoms. The molecule has 0 aromatic rings. The fourth-order valence-electron chi connectivity index (χ4n) is 2.01. The Kier molecular flexibility index (Phi) is 9.55. The van der Waals surface area contributed by atoms with E-state index < -0.39 is 0 Å². The van der Waals surface area contributed by atoms with Crippen LogP contribution in [0.25, 0.3) is 0 Å². The van der Waals surface area contributed by atoms with Crippen LogP contribution in [0.1, 0.15) is 79.1 Å². The van der Waals surface area contributed by atoms with Crippen molar-refractivity contribution in [3.8, 4) is 0 Å². The molecule has 0 aliphatic rings. The molecule has 14 heavy (non-hydrogen) atoms. The lowest BCUT2D eigenvalue weighted by Crippen LogP contribution is -1.97.